The lowest BCUT2D eigenvalue weighted by atomic mass is 10.1. The first-order valence-electron chi connectivity index (χ1n) is 8.90. The van der Waals surface area contributed by atoms with Gasteiger partial charge in [-0.05, 0) is 81.8 Å². The van der Waals surface area contributed by atoms with Crippen molar-refractivity contribution in [3.8, 4) is 0 Å². The van der Waals surface area contributed by atoms with E-state index in [2.05, 4.69) is 0 Å². The Morgan fingerprint density at radius 3 is 1.35 bits per heavy atom. The molecule has 0 aliphatic rings. The fourth-order valence-corrected chi connectivity index (χ4v) is 6.55. The summed E-state index contributed by atoms with van der Waals surface area (Å²) >= 11 is 2.92. The molecule has 166 valence electrons. The standard InChI is InChI=1S/C22H18F6S3/c1-29-16-5-3-7-18(12-16)31(19-8-4-6-17(13-19)30-2)20-10-14(21(23,24)25)9-15(11-20)22(26,27)28/h3-13,31H,1-2H3. The summed E-state index contributed by atoms with van der Waals surface area (Å²) in [7, 11) is -1.64. The van der Waals surface area contributed by atoms with E-state index < -0.39 is 34.4 Å². The molecule has 0 bridgehead atoms. The topological polar surface area (TPSA) is 0 Å². The molecule has 0 N–H and O–H groups in total. The fraction of sp³-hybridized carbons (Fsp3) is 0.182. The van der Waals surface area contributed by atoms with Crippen LogP contribution < -0.4 is 0 Å². The van der Waals surface area contributed by atoms with Gasteiger partial charge in [-0.3, -0.25) is 0 Å². The summed E-state index contributed by atoms with van der Waals surface area (Å²) in [5, 5.41) is 0. The zero-order chi connectivity index (χ0) is 22.8. The van der Waals surface area contributed by atoms with Crippen molar-refractivity contribution in [2.75, 3.05) is 12.5 Å². The second-order valence-electron chi connectivity index (χ2n) is 6.50. The molecule has 0 atom stereocenters. The Morgan fingerprint density at radius 1 is 0.581 bits per heavy atom. The molecule has 31 heavy (non-hydrogen) atoms. The predicted octanol–water partition coefficient (Wildman–Crippen LogP) is 8.65. The molecule has 3 rings (SSSR count). The summed E-state index contributed by atoms with van der Waals surface area (Å²) in [4.78, 5) is 3.15. The average molecular weight is 493 g/mol. The van der Waals surface area contributed by atoms with E-state index in [0.29, 0.717) is 9.79 Å². The van der Waals surface area contributed by atoms with Gasteiger partial charge in [0.15, 0.2) is 0 Å². The second-order valence-corrected chi connectivity index (χ2v) is 10.5. The summed E-state index contributed by atoms with van der Waals surface area (Å²) in [5.74, 6) is 0. The van der Waals surface area contributed by atoms with E-state index in [4.69, 9.17) is 0 Å². The van der Waals surface area contributed by atoms with E-state index in [1.54, 1.807) is 24.3 Å². The summed E-state index contributed by atoms with van der Waals surface area (Å²) in [5.41, 5.74) is -2.60. The summed E-state index contributed by atoms with van der Waals surface area (Å²) in [6, 6.07) is 16.3. The van der Waals surface area contributed by atoms with Crippen LogP contribution >= 0.6 is 34.4 Å². The first-order chi connectivity index (χ1) is 14.5. The van der Waals surface area contributed by atoms with Crippen molar-refractivity contribution in [1.29, 1.82) is 0 Å². The molecule has 0 spiro atoms. The number of thiol groups is 1. The lowest BCUT2D eigenvalue weighted by Gasteiger charge is -2.26. The van der Waals surface area contributed by atoms with E-state index in [1.165, 1.54) is 23.5 Å². The SMILES string of the molecule is CSc1cccc([SH](c2cccc(SC)c2)c2cc(C(F)(F)F)cc(C(F)(F)F)c2)c1. The third-order valence-corrected chi connectivity index (χ3v) is 8.27. The van der Waals surface area contributed by atoms with Gasteiger partial charge in [-0.25, -0.2) is 0 Å². The lowest BCUT2D eigenvalue weighted by Crippen LogP contribution is -2.11. The maximum absolute atomic E-state index is 13.5. The maximum atomic E-state index is 13.5. The number of thioether (sulfide) groups is 2. The smallest absolute Gasteiger partial charge is 0.173 e. The van der Waals surface area contributed by atoms with Crippen LogP contribution in [0, 0.1) is 0 Å². The minimum atomic E-state index is -4.89. The first kappa shape index (κ1) is 23.9. The van der Waals surface area contributed by atoms with Crippen LogP contribution in [0.2, 0.25) is 0 Å². The van der Waals surface area contributed by atoms with Crippen molar-refractivity contribution >= 4 is 34.4 Å². The van der Waals surface area contributed by atoms with E-state index >= 15 is 0 Å². The largest absolute Gasteiger partial charge is 0.416 e. The number of alkyl halides is 6. The van der Waals surface area contributed by atoms with Crippen molar-refractivity contribution in [3.63, 3.8) is 0 Å². The molecule has 0 aliphatic heterocycles. The van der Waals surface area contributed by atoms with Gasteiger partial charge in [0, 0.05) is 9.79 Å². The highest BCUT2D eigenvalue weighted by atomic mass is 32.2. The molecule has 0 amide bonds. The highest BCUT2D eigenvalue weighted by molar-refractivity contribution is 8.17. The number of hydrogen-bond acceptors (Lipinski definition) is 2. The van der Waals surface area contributed by atoms with E-state index in [0.717, 1.165) is 21.9 Å². The van der Waals surface area contributed by atoms with Crippen LogP contribution in [0.3, 0.4) is 0 Å². The Balaban J connectivity index is 2.30. The number of rotatable bonds is 5. The van der Waals surface area contributed by atoms with Crippen LogP contribution in [0.25, 0.3) is 0 Å². The third kappa shape index (κ3) is 5.75. The zero-order valence-electron chi connectivity index (χ0n) is 16.4. The van der Waals surface area contributed by atoms with Gasteiger partial charge in [0.05, 0.1) is 11.1 Å². The van der Waals surface area contributed by atoms with E-state index in [1.807, 2.05) is 36.8 Å². The van der Waals surface area contributed by atoms with Crippen LogP contribution in [-0.4, -0.2) is 12.5 Å². The van der Waals surface area contributed by atoms with Crippen LogP contribution in [0.1, 0.15) is 11.1 Å². The molecular formula is C22H18F6S3. The first-order valence-corrected chi connectivity index (χ1v) is 12.7. The quantitative estimate of drug-likeness (QED) is 0.215. The molecule has 0 heterocycles. The van der Waals surface area contributed by atoms with Crippen molar-refractivity contribution in [2.45, 2.75) is 36.8 Å². The highest BCUT2D eigenvalue weighted by Gasteiger charge is 2.37. The van der Waals surface area contributed by atoms with Crippen molar-refractivity contribution in [1.82, 2.24) is 0 Å². The summed E-state index contributed by atoms with van der Waals surface area (Å²) in [6.07, 6.45) is -6.05. The lowest BCUT2D eigenvalue weighted by molar-refractivity contribution is -0.143. The molecule has 0 nitrogen and oxygen atoms in total. The van der Waals surface area contributed by atoms with Gasteiger partial charge in [-0.2, -0.15) is 37.2 Å². The van der Waals surface area contributed by atoms with Crippen molar-refractivity contribution < 1.29 is 26.3 Å². The molecule has 0 radical (unpaired) electrons. The van der Waals surface area contributed by atoms with Crippen LogP contribution in [0.4, 0.5) is 26.3 Å². The van der Waals surface area contributed by atoms with Gasteiger partial charge >= 0.3 is 12.4 Å². The molecule has 0 aromatic heterocycles. The van der Waals surface area contributed by atoms with Gasteiger partial charge in [0.1, 0.15) is 0 Å². The van der Waals surface area contributed by atoms with Crippen LogP contribution in [0.15, 0.2) is 91.2 Å². The van der Waals surface area contributed by atoms with Crippen LogP contribution in [0.5, 0.6) is 0 Å². The Labute approximate surface area is 187 Å². The van der Waals surface area contributed by atoms with Gasteiger partial charge in [0.25, 0.3) is 0 Å². The fourth-order valence-electron chi connectivity index (χ4n) is 3.01. The summed E-state index contributed by atoms with van der Waals surface area (Å²) in [6.45, 7) is 0. The third-order valence-electron chi connectivity index (χ3n) is 4.45. The molecule has 9 heteroatoms. The predicted molar refractivity (Wildman–Crippen MR) is 117 cm³/mol. The summed E-state index contributed by atoms with van der Waals surface area (Å²) < 4.78 is 80.8. The average Bonchev–Trinajstić information content (AvgIpc) is 2.73. The molecule has 0 unspecified atom stereocenters. The highest BCUT2D eigenvalue weighted by Crippen LogP contribution is 2.54. The molecule has 3 aromatic rings. The Hall–Kier alpha value is -1.71. The van der Waals surface area contributed by atoms with Crippen LogP contribution in [-0.2, 0) is 12.4 Å². The Kier molecular flexibility index (Phi) is 7.28. The van der Waals surface area contributed by atoms with Crippen molar-refractivity contribution in [3.05, 3.63) is 77.9 Å². The van der Waals surface area contributed by atoms with E-state index in [-0.39, 0.29) is 11.0 Å². The van der Waals surface area contributed by atoms with Gasteiger partial charge in [-0.15, -0.1) is 23.5 Å². The molecule has 3 aromatic carbocycles. The van der Waals surface area contributed by atoms with Crippen molar-refractivity contribution in [2.24, 2.45) is 0 Å². The zero-order valence-corrected chi connectivity index (χ0v) is 18.9. The van der Waals surface area contributed by atoms with Gasteiger partial charge in [0.2, 0.25) is 0 Å². The minimum Gasteiger partial charge on any atom is -0.173 e. The van der Waals surface area contributed by atoms with Gasteiger partial charge in [-0.1, -0.05) is 12.1 Å². The molecule has 0 saturated heterocycles. The molecule has 0 aliphatic carbocycles. The van der Waals surface area contributed by atoms with Gasteiger partial charge < -0.3 is 0 Å². The Morgan fingerprint density at radius 2 is 1.00 bits per heavy atom. The number of hydrogen-bond donors (Lipinski definition) is 1. The second kappa shape index (κ2) is 9.42. The molecular weight excluding hydrogens is 474 g/mol. The minimum absolute atomic E-state index is 0.00801. The molecule has 0 fully saturated rings. The monoisotopic (exact) mass is 492 g/mol. The number of benzene rings is 3. The molecule has 0 saturated carbocycles. The normalized spacial score (nSPS) is 12.7. The maximum Gasteiger partial charge on any atom is 0.416 e. The Bertz CT molecular complexity index is 980. The van der Waals surface area contributed by atoms with E-state index in [9.17, 15) is 26.3 Å². The number of halogens is 6.